The van der Waals surface area contributed by atoms with E-state index in [9.17, 15) is 45.0 Å². The van der Waals surface area contributed by atoms with Crippen LogP contribution < -0.4 is 5.32 Å². The third-order valence-corrected chi connectivity index (χ3v) is 4.06. The Balaban J connectivity index is 2.49. The van der Waals surface area contributed by atoms with Crippen molar-refractivity contribution in [2.75, 3.05) is 6.61 Å². The van der Waals surface area contributed by atoms with Crippen LogP contribution in [0.5, 0.6) is 0 Å². The van der Waals surface area contributed by atoms with Crippen molar-refractivity contribution in [2.45, 2.75) is 29.2 Å². The van der Waals surface area contributed by atoms with Crippen LogP contribution in [-0.4, -0.2) is 77.8 Å². The molecule has 0 saturated carbocycles. The Morgan fingerprint density at radius 3 is 2.29 bits per heavy atom. The first-order chi connectivity index (χ1) is 10.9. The number of fused-ring (bicyclic) bond motifs is 1. The molecule has 132 valence electrons. The number of esters is 1. The van der Waals surface area contributed by atoms with Crippen LogP contribution in [0.3, 0.4) is 0 Å². The summed E-state index contributed by atoms with van der Waals surface area (Å²) in [6.45, 7) is 2.61. The summed E-state index contributed by atoms with van der Waals surface area (Å²) < 4.78 is 4.58. The molecule has 1 aliphatic heterocycles. The molecule has 1 aliphatic carbocycles. The van der Waals surface area contributed by atoms with Crippen molar-refractivity contribution in [2.24, 2.45) is 0 Å². The molecule has 1 heterocycles. The number of nitrogens with one attached hydrogen (secondary N) is 1. The zero-order chi connectivity index (χ0) is 18.6. The Kier molecular flexibility index (Phi) is 3.92. The Hall–Kier alpha value is -2.15. The summed E-state index contributed by atoms with van der Waals surface area (Å²) in [5, 5.41) is 61.9. The number of rotatable bonds is 4. The summed E-state index contributed by atoms with van der Waals surface area (Å²) >= 11 is 0. The van der Waals surface area contributed by atoms with E-state index >= 15 is 0 Å². The fourth-order valence-electron chi connectivity index (χ4n) is 2.62. The summed E-state index contributed by atoms with van der Waals surface area (Å²) in [6.07, 6.45) is 0.646. The maximum absolute atomic E-state index is 11.7. The monoisotopic (exact) mass is 345 g/mol. The van der Waals surface area contributed by atoms with Crippen LogP contribution in [0.15, 0.2) is 24.3 Å². The third-order valence-electron chi connectivity index (χ3n) is 4.06. The average Bonchev–Trinajstić information content (AvgIpc) is 2.66. The first-order valence-corrected chi connectivity index (χ1v) is 6.57. The molecule has 0 bridgehead atoms. The van der Waals surface area contributed by atoms with Gasteiger partial charge < -0.3 is 35.4 Å². The molecule has 11 nitrogen and oxygen atoms in total. The maximum atomic E-state index is 11.7. The van der Waals surface area contributed by atoms with Gasteiger partial charge >= 0.3 is 5.97 Å². The van der Waals surface area contributed by atoms with Gasteiger partial charge in [0.05, 0.1) is 6.61 Å². The normalized spacial score (nSPS) is 33.3. The van der Waals surface area contributed by atoms with Gasteiger partial charge in [-0.3, -0.25) is 14.9 Å². The van der Waals surface area contributed by atoms with E-state index < -0.39 is 59.2 Å². The Morgan fingerprint density at radius 1 is 1.17 bits per heavy atom. The molecular weight excluding hydrogens is 330 g/mol. The number of carbonyl (C=O) groups is 3. The summed E-state index contributed by atoms with van der Waals surface area (Å²) in [6, 6.07) is 0. The predicted molar refractivity (Wildman–Crippen MR) is 71.2 cm³/mol. The van der Waals surface area contributed by atoms with Gasteiger partial charge in [-0.25, -0.2) is 4.79 Å². The number of hydrogen-bond acceptors (Lipinski definition) is 10. The molecule has 2 aliphatic rings. The highest BCUT2D eigenvalue weighted by Crippen LogP contribution is 2.49. The van der Waals surface area contributed by atoms with Crippen LogP contribution in [-0.2, 0) is 19.1 Å². The van der Waals surface area contributed by atoms with Gasteiger partial charge in [0.25, 0.3) is 17.6 Å². The number of imide groups is 1. The number of aliphatic hydroxyl groups is 6. The van der Waals surface area contributed by atoms with Crippen LogP contribution in [0.1, 0.15) is 6.42 Å². The van der Waals surface area contributed by atoms with Crippen molar-refractivity contribution in [3.8, 4) is 0 Å². The lowest BCUT2D eigenvalue weighted by Crippen LogP contribution is -2.80. The van der Waals surface area contributed by atoms with E-state index in [1.807, 2.05) is 0 Å². The standard InChI is InChI=1S/C13H15NO10/c1-2-7(15)24-4-3-6-5-10(18)8(16)14-9(17)11(10,19)13(22,23)12(6,20)21/h2,5,18-23H,1,3-4H2,(H,14,16,17). The van der Waals surface area contributed by atoms with E-state index in [-0.39, 0.29) is 0 Å². The molecule has 0 aromatic heterocycles. The summed E-state index contributed by atoms with van der Waals surface area (Å²) in [7, 11) is 0. The first kappa shape index (κ1) is 18.2. The van der Waals surface area contributed by atoms with Crippen molar-refractivity contribution in [1.29, 1.82) is 0 Å². The second-order valence-corrected chi connectivity index (χ2v) is 5.40. The molecule has 2 atom stereocenters. The summed E-state index contributed by atoms with van der Waals surface area (Å²) in [4.78, 5) is 34.4. The SMILES string of the molecule is C=CC(=O)OCCC1=CC2(O)C(=O)NC(=O)C2(O)C(O)(O)C1(O)O. The third kappa shape index (κ3) is 1.97. The summed E-state index contributed by atoms with van der Waals surface area (Å²) in [5.41, 5.74) is -7.64. The van der Waals surface area contributed by atoms with Crippen LogP contribution in [0.4, 0.5) is 0 Å². The number of amides is 2. The van der Waals surface area contributed by atoms with Gasteiger partial charge in [0.1, 0.15) is 0 Å². The molecule has 11 heteroatoms. The van der Waals surface area contributed by atoms with Crippen LogP contribution >= 0.6 is 0 Å². The van der Waals surface area contributed by atoms with Crippen LogP contribution in [0.25, 0.3) is 0 Å². The second-order valence-electron chi connectivity index (χ2n) is 5.40. The number of ether oxygens (including phenoxy) is 1. The van der Waals surface area contributed by atoms with Gasteiger partial charge in [0.15, 0.2) is 0 Å². The van der Waals surface area contributed by atoms with E-state index in [1.54, 1.807) is 0 Å². The van der Waals surface area contributed by atoms with Crippen LogP contribution in [0.2, 0.25) is 0 Å². The second kappa shape index (κ2) is 5.17. The first-order valence-electron chi connectivity index (χ1n) is 6.57. The molecule has 24 heavy (non-hydrogen) atoms. The molecule has 1 saturated heterocycles. The highest BCUT2D eigenvalue weighted by atomic mass is 16.6. The lowest BCUT2D eigenvalue weighted by molar-refractivity contribution is -0.405. The number of hydrogen-bond donors (Lipinski definition) is 7. The molecule has 7 N–H and O–H groups in total. The van der Waals surface area contributed by atoms with Crippen molar-refractivity contribution in [1.82, 2.24) is 5.32 Å². The molecule has 0 aromatic rings. The average molecular weight is 345 g/mol. The largest absolute Gasteiger partial charge is 0.462 e. The molecule has 2 amide bonds. The van der Waals surface area contributed by atoms with E-state index in [0.717, 1.165) is 6.08 Å². The summed E-state index contributed by atoms with van der Waals surface area (Å²) in [5.74, 6) is -11.8. The van der Waals surface area contributed by atoms with E-state index in [0.29, 0.717) is 6.08 Å². The van der Waals surface area contributed by atoms with E-state index in [2.05, 4.69) is 11.3 Å². The van der Waals surface area contributed by atoms with Crippen molar-refractivity contribution in [3.05, 3.63) is 24.3 Å². The molecular formula is C13H15NO10. The van der Waals surface area contributed by atoms with Gasteiger partial charge in [-0.2, -0.15) is 0 Å². The van der Waals surface area contributed by atoms with Crippen LogP contribution in [0, 0.1) is 0 Å². The maximum Gasteiger partial charge on any atom is 0.330 e. The number of carbonyl (C=O) groups excluding carboxylic acids is 3. The minimum atomic E-state index is -4.06. The minimum absolute atomic E-state index is 0.402. The zero-order valence-electron chi connectivity index (χ0n) is 12.1. The lowest BCUT2D eigenvalue weighted by atomic mass is 9.67. The molecule has 0 radical (unpaired) electrons. The molecule has 0 aromatic carbocycles. The van der Waals surface area contributed by atoms with Gasteiger partial charge in [-0.1, -0.05) is 6.58 Å². The highest BCUT2D eigenvalue weighted by Gasteiger charge is 2.82. The molecule has 2 unspecified atom stereocenters. The Bertz CT molecular complexity index is 666. The van der Waals surface area contributed by atoms with Gasteiger partial charge in [-0.15, -0.1) is 0 Å². The fraction of sp³-hybridized carbons (Fsp3) is 0.462. The predicted octanol–water partition coefficient (Wildman–Crippen LogP) is -4.47. The Labute approximate surface area is 134 Å². The molecule has 1 fully saturated rings. The van der Waals surface area contributed by atoms with E-state index in [4.69, 9.17) is 0 Å². The molecule has 2 rings (SSSR count). The Morgan fingerprint density at radius 2 is 1.75 bits per heavy atom. The quantitative estimate of drug-likeness (QED) is 0.0858. The zero-order valence-corrected chi connectivity index (χ0v) is 12.1. The van der Waals surface area contributed by atoms with Gasteiger partial charge in [-0.05, 0) is 11.6 Å². The topological polar surface area (TPSA) is 194 Å². The van der Waals surface area contributed by atoms with Crippen molar-refractivity contribution >= 4 is 17.8 Å². The highest BCUT2D eigenvalue weighted by molar-refractivity contribution is 6.15. The van der Waals surface area contributed by atoms with Crippen molar-refractivity contribution < 1.29 is 49.8 Å². The lowest BCUT2D eigenvalue weighted by Gasteiger charge is -2.50. The van der Waals surface area contributed by atoms with E-state index in [1.165, 1.54) is 5.32 Å². The minimum Gasteiger partial charge on any atom is -0.462 e. The smallest absolute Gasteiger partial charge is 0.330 e. The molecule has 0 spiro atoms. The fourth-order valence-corrected chi connectivity index (χ4v) is 2.62. The van der Waals surface area contributed by atoms with Gasteiger partial charge in [0, 0.05) is 12.5 Å². The van der Waals surface area contributed by atoms with Crippen molar-refractivity contribution in [3.63, 3.8) is 0 Å². The van der Waals surface area contributed by atoms with Gasteiger partial charge in [0.2, 0.25) is 17.0 Å².